The van der Waals surface area contributed by atoms with Crippen molar-refractivity contribution >= 4 is 5.91 Å². The van der Waals surface area contributed by atoms with Gasteiger partial charge in [0.1, 0.15) is 11.6 Å². The third-order valence-corrected chi connectivity index (χ3v) is 5.20. The maximum absolute atomic E-state index is 13.1. The smallest absolute Gasteiger partial charge is 0.227 e. The Labute approximate surface area is 163 Å². The molecule has 2 aromatic carbocycles. The number of nitrogens with one attached hydrogen (secondary N) is 1. The van der Waals surface area contributed by atoms with Crippen LogP contribution in [0.3, 0.4) is 0 Å². The van der Waals surface area contributed by atoms with Crippen LogP contribution in [0.1, 0.15) is 16.8 Å². The molecule has 1 aromatic heterocycles. The van der Waals surface area contributed by atoms with Crippen LogP contribution in [0.25, 0.3) is 11.3 Å². The second-order valence-electron chi connectivity index (χ2n) is 6.91. The number of rotatable bonds is 4. The van der Waals surface area contributed by atoms with Crippen molar-refractivity contribution in [2.24, 2.45) is 0 Å². The molecule has 0 atom stereocenters. The van der Waals surface area contributed by atoms with Crippen molar-refractivity contribution in [2.45, 2.75) is 19.3 Å². The molecule has 6 heteroatoms. The normalized spacial score (nSPS) is 13.7. The summed E-state index contributed by atoms with van der Waals surface area (Å²) in [5.41, 5.74) is 4.87. The van der Waals surface area contributed by atoms with Gasteiger partial charge in [0.2, 0.25) is 5.91 Å². The Kier molecular flexibility index (Phi) is 5.10. The molecule has 4 rings (SSSR count). The number of fused-ring (bicyclic) bond motifs is 1. The number of amides is 1. The van der Waals surface area contributed by atoms with Crippen LogP contribution in [-0.4, -0.2) is 41.2 Å². The van der Waals surface area contributed by atoms with Gasteiger partial charge in [-0.25, -0.2) is 4.39 Å². The van der Waals surface area contributed by atoms with Gasteiger partial charge in [-0.05, 0) is 36.2 Å². The zero-order valence-corrected chi connectivity index (χ0v) is 15.7. The van der Waals surface area contributed by atoms with E-state index in [1.807, 2.05) is 29.2 Å². The molecule has 1 N–H and O–H groups in total. The highest BCUT2D eigenvalue weighted by Crippen LogP contribution is 2.33. The Bertz CT molecular complexity index is 982. The predicted molar refractivity (Wildman–Crippen MR) is 105 cm³/mol. The van der Waals surface area contributed by atoms with E-state index in [2.05, 4.69) is 10.2 Å². The Balaban J connectivity index is 1.50. The number of halogens is 1. The Morgan fingerprint density at radius 3 is 2.68 bits per heavy atom. The minimum atomic E-state index is -0.291. The first kappa shape index (κ1) is 18.2. The van der Waals surface area contributed by atoms with Crippen molar-refractivity contribution in [3.63, 3.8) is 0 Å². The van der Waals surface area contributed by atoms with E-state index >= 15 is 0 Å². The van der Waals surface area contributed by atoms with Crippen LogP contribution >= 0.6 is 0 Å². The van der Waals surface area contributed by atoms with Crippen molar-refractivity contribution in [3.05, 3.63) is 71.2 Å². The van der Waals surface area contributed by atoms with E-state index in [4.69, 9.17) is 4.74 Å². The molecule has 1 aliphatic rings. The maximum Gasteiger partial charge on any atom is 0.227 e. The van der Waals surface area contributed by atoms with Gasteiger partial charge in [0.15, 0.2) is 0 Å². The van der Waals surface area contributed by atoms with Gasteiger partial charge in [0.25, 0.3) is 0 Å². The summed E-state index contributed by atoms with van der Waals surface area (Å²) in [5, 5.41) is 7.67. The third kappa shape index (κ3) is 3.63. The quantitative estimate of drug-likeness (QED) is 0.756. The first-order valence-corrected chi connectivity index (χ1v) is 9.37. The summed E-state index contributed by atoms with van der Waals surface area (Å²) in [6.45, 7) is 1.27. The number of ether oxygens (including phenoxy) is 1. The highest BCUT2D eigenvalue weighted by atomic mass is 19.1. The molecule has 1 amide bonds. The molecule has 5 nitrogen and oxygen atoms in total. The van der Waals surface area contributed by atoms with E-state index in [1.54, 1.807) is 19.2 Å². The lowest BCUT2D eigenvalue weighted by molar-refractivity contribution is -0.130. The average molecular weight is 379 g/mol. The summed E-state index contributed by atoms with van der Waals surface area (Å²) in [5.74, 6) is 0.551. The van der Waals surface area contributed by atoms with Crippen LogP contribution in [0, 0.1) is 5.82 Å². The first-order valence-electron chi connectivity index (χ1n) is 9.37. The summed E-state index contributed by atoms with van der Waals surface area (Å²) in [6, 6.07) is 13.9. The van der Waals surface area contributed by atoms with E-state index in [1.165, 1.54) is 12.1 Å². The standard InChI is InChI=1S/C22H22FN3O2/c1-28-20-5-3-2-4-18(20)22-17-10-12-26(13-11-19(17)24-25-22)21(27)14-15-6-8-16(23)9-7-15/h2-9H,10-14H2,1H3,(H,24,25). The predicted octanol–water partition coefficient (Wildman–Crippen LogP) is 3.39. The topological polar surface area (TPSA) is 58.2 Å². The molecular weight excluding hydrogens is 357 g/mol. The third-order valence-electron chi connectivity index (χ3n) is 5.20. The monoisotopic (exact) mass is 379 g/mol. The lowest BCUT2D eigenvalue weighted by Gasteiger charge is -2.20. The molecule has 3 aromatic rings. The van der Waals surface area contributed by atoms with E-state index in [-0.39, 0.29) is 18.1 Å². The molecule has 0 aliphatic carbocycles. The summed E-state index contributed by atoms with van der Waals surface area (Å²) in [7, 11) is 1.65. The molecule has 0 spiro atoms. The zero-order chi connectivity index (χ0) is 19.5. The number of hydrogen-bond acceptors (Lipinski definition) is 3. The molecule has 2 heterocycles. The van der Waals surface area contributed by atoms with Gasteiger partial charge in [-0.2, -0.15) is 5.10 Å². The van der Waals surface area contributed by atoms with Gasteiger partial charge < -0.3 is 9.64 Å². The fraction of sp³-hybridized carbons (Fsp3) is 0.273. The van der Waals surface area contributed by atoms with E-state index in [0.717, 1.165) is 46.7 Å². The Hall–Kier alpha value is -3.15. The molecule has 0 bridgehead atoms. The van der Waals surface area contributed by atoms with Crippen molar-refractivity contribution in [3.8, 4) is 17.0 Å². The van der Waals surface area contributed by atoms with E-state index in [9.17, 15) is 9.18 Å². The lowest BCUT2D eigenvalue weighted by atomic mass is 10.0. The fourth-order valence-corrected chi connectivity index (χ4v) is 3.68. The van der Waals surface area contributed by atoms with Crippen molar-refractivity contribution in [2.75, 3.05) is 20.2 Å². The van der Waals surface area contributed by atoms with Crippen LogP contribution in [0.5, 0.6) is 5.75 Å². The second-order valence-corrected chi connectivity index (χ2v) is 6.91. The Morgan fingerprint density at radius 1 is 1.14 bits per heavy atom. The number of methoxy groups -OCH3 is 1. The largest absolute Gasteiger partial charge is 0.496 e. The number of carbonyl (C=O) groups excluding carboxylic acids is 1. The molecule has 0 unspecified atom stereocenters. The van der Waals surface area contributed by atoms with Gasteiger partial charge in [-0.1, -0.05) is 24.3 Å². The molecule has 0 saturated carbocycles. The summed E-state index contributed by atoms with van der Waals surface area (Å²) in [6.07, 6.45) is 1.74. The summed E-state index contributed by atoms with van der Waals surface area (Å²) in [4.78, 5) is 14.6. The summed E-state index contributed by atoms with van der Waals surface area (Å²) >= 11 is 0. The first-order chi connectivity index (χ1) is 13.7. The van der Waals surface area contributed by atoms with Crippen LogP contribution in [-0.2, 0) is 24.1 Å². The minimum Gasteiger partial charge on any atom is -0.496 e. The number of benzene rings is 2. The molecule has 1 aliphatic heterocycles. The van der Waals surface area contributed by atoms with Crippen LogP contribution in [0.4, 0.5) is 4.39 Å². The number of aromatic nitrogens is 2. The van der Waals surface area contributed by atoms with Gasteiger partial charge in [-0.3, -0.25) is 9.89 Å². The highest BCUT2D eigenvalue weighted by Gasteiger charge is 2.24. The number of H-pyrrole nitrogens is 1. The van der Waals surface area contributed by atoms with Crippen molar-refractivity contribution in [1.29, 1.82) is 0 Å². The number of nitrogens with zero attached hydrogens (tertiary/aromatic N) is 2. The van der Waals surface area contributed by atoms with E-state index in [0.29, 0.717) is 13.1 Å². The Morgan fingerprint density at radius 2 is 1.89 bits per heavy atom. The molecule has 0 saturated heterocycles. The zero-order valence-electron chi connectivity index (χ0n) is 15.7. The number of carbonyl (C=O) groups is 1. The second kappa shape index (κ2) is 7.84. The van der Waals surface area contributed by atoms with Gasteiger partial charge >= 0.3 is 0 Å². The fourth-order valence-electron chi connectivity index (χ4n) is 3.68. The van der Waals surface area contributed by atoms with Crippen LogP contribution in [0.2, 0.25) is 0 Å². The lowest BCUT2D eigenvalue weighted by Crippen LogP contribution is -2.34. The minimum absolute atomic E-state index is 0.0589. The van der Waals surface area contributed by atoms with Crippen LogP contribution in [0.15, 0.2) is 48.5 Å². The van der Waals surface area contributed by atoms with Gasteiger partial charge in [0.05, 0.1) is 19.2 Å². The number of para-hydroxylation sites is 1. The number of hydrogen-bond donors (Lipinski definition) is 1. The molecule has 144 valence electrons. The molecule has 0 radical (unpaired) electrons. The summed E-state index contributed by atoms with van der Waals surface area (Å²) < 4.78 is 18.5. The van der Waals surface area contributed by atoms with Crippen LogP contribution < -0.4 is 4.74 Å². The van der Waals surface area contributed by atoms with Gasteiger partial charge in [0, 0.05) is 36.3 Å². The molecule has 0 fully saturated rings. The SMILES string of the molecule is COc1ccccc1-c1n[nH]c2c1CCN(C(=O)Cc1ccc(F)cc1)CC2. The van der Waals surface area contributed by atoms with Crippen molar-refractivity contribution < 1.29 is 13.9 Å². The van der Waals surface area contributed by atoms with E-state index < -0.39 is 0 Å². The average Bonchev–Trinajstić information content (AvgIpc) is 3.00. The molecular formula is C22H22FN3O2. The number of aromatic amines is 1. The highest BCUT2D eigenvalue weighted by molar-refractivity contribution is 5.79. The van der Waals surface area contributed by atoms with Crippen molar-refractivity contribution in [1.82, 2.24) is 15.1 Å². The maximum atomic E-state index is 13.1. The van der Waals surface area contributed by atoms with Gasteiger partial charge in [-0.15, -0.1) is 0 Å². The molecule has 28 heavy (non-hydrogen) atoms.